The van der Waals surface area contributed by atoms with Crippen LogP contribution in [0.3, 0.4) is 0 Å². The van der Waals surface area contributed by atoms with E-state index in [1.807, 2.05) is 0 Å². The molecule has 3 rings (SSSR count). The van der Waals surface area contributed by atoms with E-state index in [2.05, 4.69) is 26.2 Å². The molecule has 1 amide bonds. The highest BCUT2D eigenvalue weighted by Gasteiger charge is 2.39. The van der Waals surface area contributed by atoms with Crippen LogP contribution in [0, 0.1) is 12.7 Å². The van der Waals surface area contributed by atoms with Crippen LogP contribution >= 0.6 is 0 Å². The van der Waals surface area contributed by atoms with Crippen molar-refractivity contribution in [3.05, 3.63) is 29.8 Å². The molecule has 0 atom stereocenters. The van der Waals surface area contributed by atoms with Crippen molar-refractivity contribution in [3.63, 3.8) is 0 Å². The van der Waals surface area contributed by atoms with Crippen molar-refractivity contribution < 1.29 is 13.9 Å². The number of aryl methyl sites for hydroxylation is 1. The van der Waals surface area contributed by atoms with E-state index in [9.17, 15) is 9.18 Å². The summed E-state index contributed by atoms with van der Waals surface area (Å²) in [4.78, 5) is 12.7. The Morgan fingerprint density at radius 3 is 2.79 bits per heavy atom. The number of hydrogen-bond donors (Lipinski definition) is 2. The summed E-state index contributed by atoms with van der Waals surface area (Å²) in [6.45, 7) is 3.08. The van der Waals surface area contributed by atoms with Gasteiger partial charge < -0.3 is 15.4 Å². The minimum Gasteiger partial charge on any atom is -0.368 e. The summed E-state index contributed by atoms with van der Waals surface area (Å²) in [5, 5.41) is 17.0. The first-order chi connectivity index (χ1) is 11.6. The summed E-state index contributed by atoms with van der Waals surface area (Å²) in [6, 6.07) is 4.27. The quantitative estimate of drug-likeness (QED) is 0.860. The molecule has 1 fully saturated rings. The summed E-state index contributed by atoms with van der Waals surface area (Å²) >= 11 is 0. The normalized spacial score (nSPS) is 16.8. The summed E-state index contributed by atoms with van der Waals surface area (Å²) < 4.78 is 20.9. The molecule has 0 unspecified atom stereocenters. The lowest BCUT2D eigenvalue weighted by atomic mass is 9.91. The number of carbonyl (C=O) groups is 1. The van der Waals surface area contributed by atoms with E-state index in [-0.39, 0.29) is 11.6 Å². The molecule has 1 aliphatic rings. The molecule has 0 radical (unpaired) electrons. The van der Waals surface area contributed by atoms with Crippen LogP contribution in [0.4, 0.5) is 10.1 Å². The van der Waals surface area contributed by atoms with Crippen molar-refractivity contribution in [1.82, 2.24) is 25.5 Å². The van der Waals surface area contributed by atoms with Gasteiger partial charge in [-0.25, -0.2) is 4.39 Å². The van der Waals surface area contributed by atoms with Gasteiger partial charge in [-0.3, -0.25) is 4.79 Å². The zero-order chi connectivity index (χ0) is 17.2. The molecular formula is C15H19FN6O2. The Labute approximate surface area is 138 Å². The largest absolute Gasteiger partial charge is 0.368 e. The highest BCUT2D eigenvalue weighted by Crippen LogP contribution is 2.26. The molecular weight excluding hydrogens is 315 g/mol. The van der Waals surface area contributed by atoms with E-state index in [1.54, 1.807) is 6.92 Å². The van der Waals surface area contributed by atoms with Gasteiger partial charge in [-0.1, -0.05) is 0 Å². The molecule has 1 aromatic heterocycles. The van der Waals surface area contributed by atoms with Gasteiger partial charge >= 0.3 is 0 Å². The van der Waals surface area contributed by atoms with E-state index < -0.39 is 11.4 Å². The maximum atomic E-state index is 14.1. The van der Waals surface area contributed by atoms with Crippen LogP contribution in [0.25, 0.3) is 5.69 Å². The average Bonchev–Trinajstić information content (AvgIpc) is 3.03. The van der Waals surface area contributed by atoms with Crippen LogP contribution in [0.1, 0.15) is 18.7 Å². The summed E-state index contributed by atoms with van der Waals surface area (Å²) in [6.07, 6.45) is 1.16. The Morgan fingerprint density at radius 1 is 1.42 bits per heavy atom. The molecule has 0 bridgehead atoms. The van der Waals surface area contributed by atoms with E-state index in [0.717, 1.165) is 0 Å². The van der Waals surface area contributed by atoms with Crippen LogP contribution in [0.15, 0.2) is 18.2 Å². The third-order valence-electron chi connectivity index (χ3n) is 4.27. The van der Waals surface area contributed by atoms with Crippen molar-refractivity contribution in [2.24, 2.45) is 0 Å². The Hall–Kier alpha value is -2.39. The number of carbonyl (C=O) groups excluding carboxylic acids is 1. The lowest BCUT2D eigenvalue weighted by Gasteiger charge is -2.34. The van der Waals surface area contributed by atoms with E-state index in [1.165, 1.54) is 30.0 Å². The highest BCUT2D eigenvalue weighted by molar-refractivity contribution is 5.97. The van der Waals surface area contributed by atoms with Crippen molar-refractivity contribution in [2.75, 3.05) is 25.5 Å². The van der Waals surface area contributed by atoms with Crippen molar-refractivity contribution in [2.45, 2.75) is 25.4 Å². The Morgan fingerprint density at radius 2 is 2.17 bits per heavy atom. The van der Waals surface area contributed by atoms with Crippen molar-refractivity contribution in [1.29, 1.82) is 0 Å². The fourth-order valence-electron chi connectivity index (χ4n) is 2.81. The topological polar surface area (TPSA) is 94.0 Å². The van der Waals surface area contributed by atoms with Gasteiger partial charge in [0, 0.05) is 12.8 Å². The molecule has 9 heteroatoms. The van der Waals surface area contributed by atoms with Gasteiger partial charge in [-0.2, -0.15) is 4.68 Å². The zero-order valence-electron chi connectivity index (χ0n) is 13.5. The maximum Gasteiger partial charge on any atom is 0.256 e. The zero-order valence-corrected chi connectivity index (χ0v) is 13.5. The number of anilines is 1. The van der Waals surface area contributed by atoms with Gasteiger partial charge in [0.2, 0.25) is 0 Å². The molecule has 2 N–H and O–H groups in total. The van der Waals surface area contributed by atoms with Gasteiger partial charge in [0.05, 0.1) is 0 Å². The van der Waals surface area contributed by atoms with Crippen LogP contribution in [0.2, 0.25) is 0 Å². The van der Waals surface area contributed by atoms with Crippen LogP contribution in [-0.2, 0) is 9.53 Å². The van der Waals surface area contributed by atoms with Gasteiger partial charge in [0.25, 0.3) is 5.91 Å². The lowest BCUT2D eigenvalue weighted by molar-refractivity contribution is -0.140. The first kappa shape index (κ1) is 16.5. The van der Waals surface area contributed by atoms with Gasteiger partial charge in [0.15, 0.2) is 5.82 Å². The number of benzene rings is 1. The number of methoxy groups -OCH3 is 1. The number of aromatic nitrogens is 4. The van der Waals surface area contributed by atoms with E-state index in [4.69, 9.17) is 4.74 Å². The number of hydrogen-bond acceptors (Lipinski definition) is 6. The van der Waals surface area contributed by atoms with E-state index >= 15 is 0 Å². The lowest BCUT2D eigenvalue weighted by Crippen LogP contribution is -2.51. The second kappa shape index (κ2) is 6.62. The minimum atomic E-state index is -0.871. The maximum absolute atomic E-state index is 14.1. The predicted molar refractivity (Wildman–Crippen MR) is 84.3 cm³/mol. The van der Waals surface area contributed by atoms with E-state index in [0.29, 0.717) is 37.4 Å². The van der Waals surface area contributed by atoms with Gasteiger partial charge in [0.1, 0.15) is 17.1 Å². The number of ether oxygens (including phenoxy) is 1. The number of amides is 1. The number of nitrogens with one attached hydrogen (secondary N) is 2. The number of piperidine rings is 1. The minimum absolute atomic E-state index is 0.173. The molecule has 1 aromatic carbocycles. The second-order valence-corrected chi connectivity index (χ2v) is 5.71. The Balaban J connectivity index is 1.85. The number of nitrogens with zero attached hydrogens (tertiary/aromatic N) is 4. The van der Waals surface area contributed by atoms with Crippen molar-refractivity contribution >= 4 is 11.6 Å². The fourth-order valence-corrected chi connectivity index (χ4v) is 2.81. The number of halogens is 1. The molecule has 8 nitrogen and oxygen atoms in total. The standard InChI is InChI=1S/C15H19FN6O2/c1-10-19-20-21-22(10)13-9-11(3-4-12(13)16)18-14(23)15(24-2)5-7-17-8-6-15/h3-4,9,17H,5-8H2,1-2H3,(H,18,23). The van der Waals surface area contributed by atoms with Crippen LogP contribution in [-0.4, -0.2) is 51.9 Å². The molecule has 0 aliphatic carbocycles. The second-order valence-electron chi connectivity index (χ2n) is 5.71. The SMILES string of the molecule is COC1(C(=O)Nc2ccc(F)c(-n3nnnc3C)c2)CCNCC1. The summed E-state index contributed by atoms with van der Waals surface area (Å²) in [5.74, 6) is -0.270. The summed E-state index contributed by atoms with van der Waals surface area (Å²) in [7, 11) is 1.53. The molecule has 1 saturated heterocycles. The Bertz CT molecular complexity index is 741. The van der Waals surface area contributed by atoms with Gasteiger partial charge in [-0.05, 0) is 61.5 Å². The monoisotopic (exact) mass is 334 g/mol. The first-order valence-electron chi connectivity index (χ1n) is 7.68. The number of rotatable bonds is 4. The smallest absolute Gasteiger partial charge is 0.256 e. The van der Waals surface area contributed by atoms with Gasteiger partial charge in [-0.15, -0.1) is 5.10 Å². The Kier molecular flexibility index (Phi) is 4.54. The van der Waals surface area contributed by atoms with Crippen LogP contribution < -0.4 is 10.6 Å². The fraction of sp³-hybridized carbons (Fsp3) is 0.467. The third-order valence-corrected chi connectivity index (χ3v) is 4.27. The molecule has 1 aliphatic heterocycles. The average molecular weight is 334 g/mol. The molecule has 2 heterocycles. The highest BCUT2D eigenvalue weighted by atomic mass is 19.1. The molecule has 0 spiro atoms. The predicted octanol–water partition coefficient (Wildman–Crippen LogP) is 0.817. The molecule has 24 heavy (non-hydrogen) atoms. The molecule has 0 saturated carbocycles. The molecule has 2 aromatic rings. The number of tetrazole rings is 1. The third kappa shape index (κ3) is 3.00. The van der Waals surface area contributed by atoms with Crippen LogP contribution in [0.5, 0.6) is 0 Å². The van der Waals surface area contributed by atoms with Crippen molar-refractivity contribution in [3.8, 4) is 5.69 Å². The summed E-state index contributed by atoms with van der Waals surface area (Å²) in [5.41, 5.74) is -0.238. The molecule has 128 valence electrons. The first-order valence-corrected chi connectivity index (χ1v) is 7.68.